The van der Waals surface area contributed by atoms with E-state index in [9.17, 15) is 0 Å². The highest BCUT2D eigenvalue weighted by atomic mass is 32.2. The number of thioether (sulfide) groups is 1. The standard InChI is InChI=1S/C11H19N5S/c1-11(2)6-13-10(17-7-11)12-5-4-9-15-14-8-16(9)3/h8H,4-7H2,1-3H3,(H,12,13). The Hall–Kier alpha value is -1.04. The fraction of sp³-hybridized carbons (Fsp3) is 0.727. The van der Waals surface area contributed by atoms with Gasteiger partial charge in [0, 0.05) is 32.3 Å². The average Bonchev–Trinajstić information content (AvgIpc) is 2.67. The van der Waals surface area contributed by atoms with Crippen molar-refractivity contribution in [2.45, 2.75) is 20.3 Å². The molecule has 0 amide bonds. The summed E-state index contributed by atoms with van der Waals surface area (Å²) in [7, 11) is 1.96. The quantitative estimate of drug-likeness (QED) is 0.875. The van der Waals surface area contributed by atoms with Crippen LogP contribution in [-0.4, -0.2) is 38.8 Å². The van der Waals surface area contributed by atoms with Crippen LogP contribution in [0.25, 0.3) is 0 Å². The zero-order chi connectivity index (χ0) is 12.3. The van der Waals surface area contributed by atoms with Crippen LogP contribution in [0.15, 0.2) is 11.3 Å². The second kappa shape index (κ2) is 5.08. The lowest BCUT2D eigenvalue weighted by Crippen LogP contribution is -2.32. The van der Waals surface area contributed by atoms with E-state index in [-0.39, 0.29) is 0 Å². The van der Waals surface area contributed by atoms with Crippen molar-refractivity contribution in [2.24, 2.45) is 17.5 Å². The van der Waals surface area contributed by atoms with E-state index in [2.05, 4.69) is 34.4 Å². The molecular formula is C11H19N5S. The summed E-state index contributed by atoms with van der Waals surface area (Å²) in [5, 5.41) is 12.3. The fourth-order valence-electron chi connectivity index (χ4n) is 1.56. The van der Waals surface area contributed by atoms with Gasteiger partial charge in [0.15, 0.2) is 5.17 Å². The maximum atomic E-state index is 4.55. The molecule has 17 heavy (non-hydrogen) atoms. The molecule has 1 aliphatic rings. The first-order chi connectivity index (χ1) is 8.07. The number of aryl methyl sites for hydroxylation is 1. The molecule has 2 heterocycles. The van der Waals surface area contributed by atoms with Gasteiger partial charge in [-0.1, -0.05) is 25.6 Å². The topological polar surface area (TPSA) is 55.1 Å². The molecule has 0 bridgehead atoms. The van der Waals surface area contributed by atoms with E-state index in [1.807, 2.05) is 23.4 Å². The van der Waals surface area contributed by atoms with Crippen LogP contribution in [0.1, 0.15) is 19.7 Å². The van der Waals surface area contributed by atoms with Crippen molar-refractivity contribution in [1.29, 1.82) is 0 Å². The number of nitrogens with zero attached hydrogens (tertiary/aromatic N) is 4. The SMILES string of the molecule is Cn1cnnc1CCNC1=NCC(C)(C)CS1. The van der Waals surface area contributed by atoms with Crippen molar-refractivity contribution in [3.63, 3.8) is 0 Å². The van der Waals surface area contributed by atoms with E-state index < -0.39 is 0 Å². The van der Waals surface area contributed by atoms with E-state index in [0.29, 0.717) is 5.41 Å². The summed E-state index contributed by atoms with van der Waals surface area (Å²) in [6.07, 6.45) is 2.60. The number of hydrogen-bond acceptors (Lipinski definition) is 5. The van der Waals surface area contributed by atoms with E-state index in [1.54, 1.807) is 6.33 Å². The lowest BCUT2D eigenvalue weighted by atomic mass is 9.97. The summed E-state index contributed by atoms with van der Waals surface area (Å²) in [6.45, 7) is 6.27. The molecule has 1 aliphatic heterocycles. The third-order valence-corrected chi connectivity index (χ3v) is 4.15. The highest BCUT2D eigenvalue weighted by Crippen LogP contribution is 2.26. The van der Waals surface area contributed by atoms with Crippen molar-refractivity contribution in [3.05, 3.63) is 12.2 Å². The van der Waals surface area contributed by atoms with Crippen LogP contribution >= 0.6 is 11.8 Å². The molecule has 0 saturated carbocycles. The Morgan fingerprint density at radius 2 is 2.35 bits per heavy atom. The summed E-state index contributed by atoms with van der Waals surface area (Å²) < 4.78 is 1.95. The van der Waals surface area contributed by atoms with Crippen LogP contribution < -0.4 is 5.32 Å². The van der Waals surface area contributed by atoms with Crippen LogP contribution in [0.4, 0.5) is 0 Å². The van der Waals surface area contributed by atoms with Crippen molar-refractivity contribution in [2.75, 3.05) is 18.8 Å². The number of hydrogen-bond donors (Lipinski definition) is 1. The van der Waals surface area contributed by atoms with Gasteiger partial charge in [-0.2, -0.15) is 0 Å². The van der Waals surface area contributed by atoms with Crippen molar-refractivity contribution < 1.29 is 0 Å². The zero-order valence-electron chi connectivity index (χ0n) is 10.6. The molecular weight excluding hydrogens is 234 g/mol. The summed E-state index contributed by atoms with van der Waals surface area (Å²) in [5.74, 6) is 2.13. The predicted octanol–water partition coefficient (Wildman–Crippen LogP) is 1.08. The van der Waals surface area contributed by atoms with Gasteiger partial charge in [-0.3, -0.25) is 4.99 Å². The largest absolute Gasteiger partial charge is 0.364 e. The first-order valence-electron chi connectivity index (χ1n) is 5.81. The van der Waals surface area contributed by atoms with Gasteiger partial charge in [0.1, 0.15) is 12.2 Å². The van der Waals surface area contributed by atoms with Crippen LogP contribution in [0.3, 0.4) is 0 Å². The van der Waals surface area contributed by atoms with Gasteiger partial charge in [-0.05, 0) is 5.41 Å². The van der Waals surface area contributed by atoms with Gasteiger partial charge < -0.3 is 9.88 Å². The molecule has 1 N–H and O–H groups in total. The molecule has 0 aromatic carbocycles. The van der Waals surface area contributed by atoms with Crippen molar-refractivity contribution in [3.8, 4) is 0 Å². The number of rotatable bonds is 3. The molecule has 1 aromatic heterocycles. The second-order valence-corrected chi connectivity index (χ2v) is 6.07. The molecule has 1 aromatic rings. The van der Waals surface area contributed by atoms with Crippen LogP contribution in [0, 0.1) is 5.41 Å². The van der Waals surface area contributed by atoms with Gasteiger partial charge in [-0.25, -0.2) is 0 Å². The molecule has 0 fully saturated rings. The molecule has 6 heteroatoms. The number of aromatic nitrogens is 3. The maximum Gasteiger partial charge on any atom is 0.156 e. The molecule has 2 rings (SSSR count). The first-order valence-corrected chi connectivity index (χ1v) is 6.79. The Morgan fingerprint density at radius 1 is 1.53 bits per heavy atom. The Kier molecular flexibility index (Phi) is 3.71. The predicted molar refractivity (Wildman–Crippen MR) is 71.3 cm³/mol. The van der Waals surface area contributed by atoms with Gasteiger partial charge in [0.25, 0.3) is 0 Å². The zero-order valence-corrected chi connectivity index (χ0v) is 11.4. The summed E-state index contributed by atoms with van der Waals surface area (Å²) in [4.78, 5) is 4.55. The molecule has 0 unspecified atom stereocenters. The summed E-state index contributed by atoms with van der Waals surface area (Å²) in [6, 6.07) is 0. The monoisotopic (exact) mass is 253 g/mol. The highest BCUT2D eigenvalue weighted by molar-refractivity contribution is 8.13. The van der Waals surface area contributed by atoms with Crippen LogP contribution in [-0.2, 0) is 13.5 Å². The smallest absolute Gasteiger partial charge is 0.156 e. The van der Waals surface area contributed by atoms with Gasteiger partial charge in [0.05, 0.1) is 0 Å². The Morgan fingerprint density at radius 3 is 2.94 bits per heavy atom. The second-order valence-electron chi connectivity index (χ2n) is 5.11. The third-order valence-electron chi connectivity index (χ3n) is 2.68. The normalized spacial score (nSPS) is 18.9. The van der Waals surface area contributed by atoms with Crippen LogP contribution in [0.2, 0.25) is 0 Å². The van der Waals surface area contributed by atoms with E-state index >= 15 is 0 Å². The number of amidine groups is 1. The van der Waals surface area contributed by atoms with Crippen molar-refractivity contribution in [1.82, 2.24) is 20.1 Å². The molecule has 0 atom stereocenters. The van der Waals surface area contributed by atoms with Crippen LogP contribution in [0.5, 0.6) is 0 Å². The van der Waals surface area contributed by atoms with Gasteiger partial charge >= 0.3 is 0 Å². The van der Waals surface area contributed by atoms with E-state index in [0.717, 1.165) is 36.3 Å². The fourth-order valence-corrected chi connectivity index (χ4v) is 2.54. The summed E-state index contributed by atoms with van der Waals surface area (Å²) >= 11 is 1.81. The molecule has 94 valence electrons. The minimum absolute atomic E-state index is 0.333. The Balaban J connectivity index is 1.77. The van der Waals surface area contributed by atoms with E-state index in [1.165, 1.54) is 0 Å². The molecule has 0 radical (unpaired) electrons. The van der Waals surface area contributed by atoms with Gasteiger partial charge in [-0.15, -0.1) is 10.2 Å². The lowest BCUT2D eigenvalue weighted by Gasteiger charge is -2.27. The minimum Gasteiger partial charge on any atom is -0.364 e. The average molecular weight is 253 g/mol. The number of nitrogens with one attached hydrogen (secondary N) is 1. The maximum absolute atomic E-state index is 4.55. The molecule has 5 nitrogen and oxygen atoms in total. The highest BCUT2D eigenvalue weighted by Gasteiger charge is 2.23. The summed E-state index contributed by atoms with van der Waals surface area (Å²) in [5.41, 5.74) is 0.333. The lowest BCUT2D eigenvalue weighted by molar-refractivity contribution is 0.436. The van der Waals surface area contributed by atoms with E-state index in [4.69, 9.17) is 0 Å². The third kappa shape index (κ3) is 3.46. The van der Waals surface area contributed by atoms with Crippen molar-refractivity contribution >= 4 is 16.9 Å². The minimum atomic E-state index is 0.333. The Bertz CT molecular complexity index is 410. The first kappa shape index (κ1) is 12.4. The molecule has 0 aliphatic carbocycles. The Labute approximate surface area is 106 Å². The van der Waals surface area contributed by atoms with Gasteiger partial charge in [0.2, 0.25) is 0 Å². The molecule has 0 spiro atoms. The molecule has 0 saturated heterocycles. The number of aliphatic imine (C=N–C) groups is 1.